The first-order valence-electron chi connectivity index (χ1n) is 26.8. The molecule has 74 heavy (non-hydrogen) atoms. The number of hydroxylamine groups is 1. The molecule has 0 aliphatic carbocycles. The average molecular weight is 978 g/mol. The van der Waals surface area contributed by atoms with E-state index in [0.29, 0.717) is 33.0 Å². The number of rotatable bonds is 19. The van der Waals surface area contributed by atoms with E-state index in [4.69, 9.17) is 4.84 Å². The average Bonchev–Trinajstić information content (AvgIpc) is 3.94. The highest BCUT2D eigenvalue weighted by Crippen LogP contribution is 2.47. The lowest BCUT2D eigenvalue weighted by Crippen LogP contribution is -2.47. The summed E-state index contributed by atoms with van der Waals surface area (Å²) in [4.78, 5) is 67.8. The van der Waals surface area contributed by atoms with Crippen molar-refractivity contribution in [1.82, 2.24) is 9.80 Å². The molecular formula is C66H63N3O5. The zero-order chi connectivity index (χ0) is 51.0. The largest absolute Gasteiger partial charge is 0.271 e. The van der Waals surface area contributed by atoms with Gasteiger partial charge >= 0.3 is 0 Å². The van der Waals surface area contributed by atoms with Crippen molar-refractivity contribution >= 4 is 72.4 Å². The molecule has 0 aromatic heterocycles. The number of unbranched alkanes of at least 4 members (excludes halogenated alkanes) is 6. The van der Waals surface area contributed by atoms with Crippen LogP contribution in [0.5, 0.6) is 0 Å². The maximum atomic E-state index is 14.6. The van der Waals surface area contributed by atoms with Crippen molar-refractivity contribution in [2.75, 3.05) is 5.06 Å². The summed E-state index contributed by atoms with van der Waals surface area (Å²) in [5.41, 5.74) is 8.16. The van der Waals surface area contributed by atoms with Gasteiger partial charge in [-0.2, -0.15) is 0 Å². The van der Waals surface area contributed by atoms with Gasteiger partial charge in [-0.1, -0.05) is 187 Å². The Morgan fingerprint density at radius 3 is 1.58 bits per heavy atom. The number of carbonyl (C=O) groups excluding carboxylic acids is 4. The molecule has 1 fully saturated rings. The predicted octanol–water partition coefficient (Wildman–Crippen LogP) is 16.0. The maximum Gasteiger partial charge on any atom is 0.261 e. The van der Waals surface area contributed by atoms with Crippen LogP contribution in [0.15, 0.2) is 164 Å². The van der Waals surface area contributed by atoms with E-state index in [9.17, 15) is 19.2 Å². The molecule has 1 unspecified atom stereocenters. The summed E-state index contributed by atoms with van der Waals surface area (Å²) in [6, 6.07) is 42.1. The summed E-state index contributed by atoms with van der Waals surface area (Å²) >= 11 is 0. The van der Waals surface area contributed by atoms with Gasteiger partial charge in [-0.25, -0.2) is 5.06 Å². The van der Waals surface area contributed by atoms with Crippen LogP contribution in [0.25, 0.3) is 54.2 Å². The van der Waals surface area contributed by atoms with Gasteiger partial charge < -0.3 is 0 Å². The Morgan fingerprint density at radius 2 is 1.09 bits per heavy atom. The molecule has 0 spiro atoms. The van der Waals surface area contributed by atoms with Crippen molar-refractivity contribution in [2.24, 2.45) is 0 Å². The second-order valence-corrected chi connectivity index (χ2v) is 20.4. The molecule has 0 radical (unpaired) electrons. The van der Waals surface area contributed by atoms with Crippen molar-refractivity contribution in [3.05, 3.63) is 197 Å². The topological polar surface area (TPSA) is 87.2 Å². The van der Waals surface area contributed by atoms with Crippen LogP contribution >= 0.6 is 0 Å². The SMILES string of the molecule is C=C/C(=C\C=C/C)[C@H]1CC(c2ccc(-c3ccc(CN4C(=O)c5ccc6c7ccc8c9c(ccc(c%10ccc(c5c6%10)C4=O)c97)C(=O)N(C(CCCCCC)CCCCCC)C8=O)cc3)cc2)N(c2ccccc2)O1. The summed E-state index contributed by atoms with van der Waals surface area (Å²) < 4.78 is 0. The van der Waals surface area contributed by atoms with E-state index in [1.807, 2.05) is 121 Å². The monoisotopic (exact) mass is 977 g/mol. The summed E-state index contributed by atoms with van der Waals surface area (Å²) in [6.45, 7) is 10.6. The third-order valence-corrected chi connectivity index (χ3v) is 15.9. The molecule has 0 bridgehead atoms. The number of hydrogen-bond donors (Lipinski definition) is 0. The van der Waals surface area contributed by atoms with Crippen molar-refractivity contribution in [3.63, 3.8) is 0 Å². The van der Waals surface area contributed by atoms with Gasteiger partial charge in [0.2, 0.25) is 0 Å². The lowest BCUT2D eigenvalue weighted by Gasteiger charge is -2.35. The highest BCUT2D eigenvalue weighted by molar-refractivity contribution is 6.41. The summed E-state index contributed by atoms with van der Waals surface area (Å²) in [6.07, 6.45) is 18.9. The normalized spacial score (nSPS) is 17.0. The Hall–Kier alpha value is -7.68. The number of amides is 4. The molecule has 3 aliphatic heterocycles. The Bertz CT molecular complexity index is 3410. The van der Waals surface area contributed by atoms with Gasteiger partial charge in [-0.15, -0.1) is 0 Å². The number of anilines is 1. The first kappa shape index (κ1) is 48.6. The number of para-hydroxylation sites is 1. The van der Waals surface area contributed by atoms with Crippen LogP contribution in [0, 0.1) is 0 Å². The van der Waals surface area contributed by atoms with Gasteiger partial charge in [0.1, 0.15) is 6.10 Å². The van der Waals surface area contributed by atoms with E-state index >= 15 is 0 Å². The smallest absolute Gasteiger partial charge is 0.261 e. The Morgan fingerprint density at radius 1 is 0.595 bits per heavy atom. The van der Waals surface area contributed by atoms with Crippen LogP contribution in [-0.2, 0) is 11.4 Å². The molecule has 1 saturated heterocycles. The summed E-state index contributed by atoms with van der Waals surface area (Å²) in [7, 11) is 0. The lowest BCUT2D eigenvalue weighted by atomic mass is 9.82. The van der Waals surface area contributed by atoms with Crippen LogP contribution < -0.4 is 5.06 Å². The van der Waals surface area contributed by atoms with Crippen molar-refractivity contribution in [2.45, 2.75) is 116 Å². The van der Waals surface area contributed by atoms with Crippen molar-refractivity contribution in [1.29, 1.82) is 0 Å². The second kappa shape index (κ2) is 20.7. The predicted molar refractivity (Wildman–Crippen MR) is 300 cm³/mol. The van der Waals surface area contributed by atoms with Gasteiger partial charge in [-0.05, 0) is 116 Å². The molecule has 0 saturated carbocycles. The fourth-order valence-electron chi connectivity index (χ4n) is 12.1. The fourth-order valence-corrected chi connectivity index (χ4v) is 12.1. The van der Waals surface area contributed by atoms with E-state index in [0.717, 1.165) is 136 Å². The van der Waals surface area contributed by atoms with Gasteiger partial charge in [0.25, 0.3) is 23.6 Å². The van der Waals surface area contributed by atoms with Crippen LogP contribution in [0.3, 0.4) is 0 Å². The Kier molecular flexibility index (Phi) is 13.6. The highest BCUT2D eigenvalue weighted by atomic mass is 16.7. The van der Waals surface area contributed by atoms with E-state index in [2.05, 4.69) is 62.9 Å². The van der Waals surface area contributed by atoms with Gasteiger partial charge in [0, 0.05) is 45.5 Å². The Balaban J connectivity index is 0.852. The number of fused-ring (bicyclic) bond motifs is 2. The van der Waals surface area contributed by atoms with Gasteiger partial charge in [0.15, 0.2) is 0 Å². The van der Waals surface area contributed by atoms with E-state index in [-0.39, 0.29) is 48.4 Å². The molecule has 11 rings (SSSR count). The Labute approximate surface area is 433 Å². The molecule has 2 atom stereocenters. The van der Waals surface area contributed by atoms with E-state index in [1.165, 1.54) is 4.90 Å². The minimum Gasteiger partial charge on any atom is -0.271 e. The minimum absolute atomic E-state index is 0.00597. The molecule has 4 amide bonds. The third kappa shape index (κ3) is 8.49. The molecule has 0 N–H and O–H groups in total. The highest BCUT2D eigenvalue weighted by Gasteiger charge is 2.40. The van der Waals surface area contributed by atoms with E-state index in [1.54, 1.807) is 4.90 Å². The second-order valence-electron chi connectivity index (χ2n) is 20.4. The van der Waals surface area contributed by atoms with Crippen LogP contribution in [0.2, 0.25) is 0 Å². The molecule has 8 nitrogen and oxygen atoms in total. The van der Waals surface area contributed by atoms with Crippen LogP contribution in [0.4, 0.5) is 5.69 Å². The fraction of sp³-hybridized carbons (Fsp3) is 0.273. The number of allylic oxidation sites excluding steroid dienone is 3. The van der Waals surface area contributed by atoms with Crippen LogP contribution in [-0.4, -0.2) is 45.6 Å². The first-order valence-corrected chi connectivity index (χ1v) is 26.8. The molecule has 372 valence electrons. The number of hydrogen-bond acceptors (Lipinski definition) is 6. The van der Waals surface area contributed by atoms with Crippen LogP contribution in [0.1, 0.15) is 150 Å². The minimum atomic E-state index is -0.336. The number of carbonyl (C=O) groups is 4. The third-order valence-electron chi connectivity index (χ3n) is 15.9. The van der Waals surface area contributed by atoms with E-state index < -0.39 is 0 Å². The summed E-state index contributed by atoms with van der Waals surface area (Å²) in [5.74, 6) is -1.10. The molecular weight excluding hydrogens is 915 g/mol. The zero-order valence-electron chi connectivity index (χ0n) is 42.7. The van der Waals surface area contributed by atoms with Crippen molar-refractivity contribution < 1.29 is 24.0 Å². The first-order chi connectivity index (χ1) is 36.2. The molecule has 8 heteroatoms. The lowest BCUT2D eigenvalue weighted by molar-refractivity contribution is 0.0514. The molecule has 8 aromatic rings. The van der Waals surface area contributed by atoms with Gasteiger partial charge in [-0.3, -0.25) is 33.8 Å². The number of imide groups is 2. The zero-order valence-corrected chi connectivity index (χ0v) is 42.7. The quantitative estimate of drug-likeness (QED) is 0.0264. The standard InChI is InChI=1S/C66H63N3O5/c1-5-9-12-15-20-47(21-16-13-10-6-2)68-65(72)55-38-34-51-49-32-36-53-61-54(37-33-50(59(49)61)52-35-39-56(66(68)73)62(55)60(51)52)64(71)67(63(53)70)41-42-24-26-44(27-25-42)45-28-30-46(31-29-45)57-40-58(43(8-4)19-11-7-3)74-69(57)48-22-17-14-18-23-48/h7-8,11,14,17-19,22-39,47,57-58H,4-6,9-10,12-13,15-16,20-21,40-41H2,1-3H3/b11-7-,43-19+/t57?,58-/m1/s1. The van der Waals surface area contributed by atoms with Crippen molar-refractivity contribution in [3.8, 4) is 11.1 Å². The summed E-state index contributed by atoms with van der Waals surface area (Å²) in [5, 5.41) is 8.63. The maximum absolute atomic E-state index is 14.6. The number of nitrogens with zero attached hydrogens (tertiary/aromatic N) is 3. The number of benzene rings is 8. The molecule has 3 aliphatic rings. The van der Waals surface area contributed by atoms with Gasteiger partial charge in [0.05, 0.1) is 18.3 Å². The molecule has 3 heterocycles. The molecule has 8 aromatic carbocycles.